The number of hydrogen-bond donors (Lipinski definition) is 3. The minimum atomic E-state index is 0. The lowest BCUT2D eigenvalue weighted by Gasteiger charge is -2.37. The van der Waals surface area contributed by atoms with Crippen LogP contribution < -0.4 is 10.6 Å². The number of aliphatic hydroxyl groups excluding tert-OH is 1. The van der Waals surface area contributed by atoms with Crippen LogP contribution in [0, 0.1) is 5.41 Å². The van der Waals surface area contributed by atoms with Gasteiger partial charge in [-0.3, -0.25) is 4.79 Å². The lowest BCUT2D eigenvalue weighted by molar-refractivity contribution is 0.0827. The normalized spacial score (nSPS) is 15.9. The maximum absolute atomic E-state index is 12.0. The molecule has 0 spiro atoms. The number of guanidine groups is 1. The maximum Gasteiger partial charge on any atom is 0.253 e. The lowest BCUT2D eigenvalue weighted by atomic mass is 9.72. The Balaban J connectivity index is 0.00000420. The number of benzene rings is 1. The van der Waals surface area contributed by atoms with Gasteiger partial charge in [0.25, 0.3) is 5.91 Å². The fourth-order valence-electron chi connectivity index (χ4n) is 3.85. The molecule has 0 aliphatic heterocycles. The summed E-state index contributed by atoms with van der Waals surface area (Å²) in [7, 11) is 3.51. The number of nitrogens with zero attached hydrogens (tertiary/aromatic N) is 2. The van der Waals surface area contributed by atoms with Crippen LogP contribution in [-0.2, 0) is 6.54 Å². The van der Waals surface area contributed by atoms with E-state index in [0.717, 1.165) is 31.0 Å². The first-order chi connectivity index (χ1) is 13.5. The molecule has 1 fully saturated rings. The van der Waals surface area contributed by atoms with E-state index in [-0.39, 0.29) is 41.9 Å². The molecule has 0 radical (unpaired) electrons. The van der Waals surface area contributed by atoms with E-state index in [9.17, 15) is 9.90 Å². The number of aliphatic hydroxyl groups is 1. The van der Waals surface area contributed by atoms with E-state index < -0.39 is 0 Å². The zero-order valence-electron chi connectivity index (χ0n) is 18.0. The van der Waals surface area contributed by atoms with E-state index in [4.69, 9.17) is 4.99 Å². The maximum atomic E-state index is 12.0. The van der Waals surface area contributed by atoms with Crippen molar-refractivity contribution in [2.75, 3.05) is 33.8 Å². The first-order valence-corrected chi connectivity index (χ1v) is 10.4. The predicted molar refractivity (Wildman–Crippen MR) is 130 cm³/mol. The molecule has 0 aromatic heterocycles. The lowest BCUT2D eigenvalue weighted by Crippen LogP contribution is -2.44. The smallest absolute Gasteiger partial charge is 0.253 e. The summed E-state index contributed by atoms with van der Waals surface area (Å²) < 4.78 is 0. The third-order valence-electron chi connectivity index (χ3n) is 5.56. The minimum Gasteiger partial charge on any atom is -0.396 e. The molecule has 29 heavy (non-hydrogen) atoms. The highest BCUT2D eigenvalue weighted by Gasteiger charge is 2.31. The van der Waals surface area contributed by atoms with Crippen molar-refractivity contribution in [1.29, 1.82) is 0 Å². The van der Waals surface area contributed by atoms with Crippen molar-refractivity contribution in [2.45, 2.75) is 52.0 Å². The van der Waals surface area contributed by atoms with E-state index in [0.29, 0.717) is 12.1 Å². The van der Waals surface area contributed by atoms with E-state index in [1.54, 1.807) is 19.0 Å². The molecular weight excluding hydrogens is 479 g/mol. The fourth-order valence-corrected chi connectivity index (χ4v) is 3.85. The molecule has 0 bridgehead atoms. The van der Waals surface area contributed by atoms with Gasteiger partial charge in [-0.25, -0.2) is 4.99 Å². The highest BCUT2D eigenvalue weighted by Crippen LogP contribution is 2.38. The van der Waals surface area contributed by atoms with Crippen molar-refractivity contribution >= 4 is 35.8 Å². The van der Waals surface area contributed by atoms with Crippen LogP contribution in [-0.4, -0.2) is 55.7 Å². The van der Waals surface area contributed by atoms with Gasteiger partial charge >= 0.3 is 0 Å². The number of rotatable bonds is 8. The van der Waals surface area contributed by atoms with Crippen molar-refractivity contribution in [3.8, 4) is 0 Å². The number of nitrogens with one attached hydrogen (secondary N) is 2. The van der Waals surface area contributed by atoms with Gasteiger partial charge in [-0.05, 0) is 49.3 Å². The summed E-state index contributed by atoms with van der Waals surface area (Å²) in [5.41, 5.74) is 1.93. The molecule has 3 N–H and O–H groups in total. The Hall–Kier alpha value is -1.35. The Labute approximate surface area is 192 Å². The van der Waals surface area contributed by atoms with Crippen LogP contribution in [0.4, 0.5) is 0 Å². The molecule has 2 rings (SSSR count). The van der Waals surface area contributed by atoms with Gasteiger partial charge in [0.2, 0.25) is 0 Å². The molecule has 0 unspecified atom stereocenters. The molecule has 1 aromatic carbocycles. The van der Waals surface area contributed by atoms with Crippen LogP contribution in [0.3, 0.4) is 0 Å². The van der Waals surface area contributed by atoms with Crippen molar-refractivity contribution in [2.24, 2.45) is 10.4 Å². The third-order valence-corrected chi connectivity index (χ3v) is 5.56. The Morgan fingerprint density at radius 3 is 2.34 bits per heavy atom. The molecule has 6 nitrogen and oxygen atoms in total. The Morgan fingerprint density at radius 1 is 1.14 bits per heavy atom. The second-order valence-corrected chi connectivity index (χ2v) is 7.98. The van der Waals surface area contributed by atoms with Gasteiger partial charge in [-0.2, -0.15) is 0 Å². The molecule has 1 saturated carbocycles. The molecule has 0 heterocycles. The van der Waals surface area contributed by atoms with Crippen LogP contribution in [0.2, 0.25) is 0 Å². The van der Waals surface area contributed by atoms with E-state index in [1.807, 2.05) is 24.3 Å². The van der Waals surface area contributed by atoms with Gasteiger partial charge < -0.3 is 20.6 Å². The Bertz CT molecular complexity index is 635. The Morgan fingerprint density at radius 2 is 1.79 bits per heavy atom. The first-order valence-electron chi connectivity index (χ1n) is 10.4. The van der Waals surface area contributed by atoms with E-state index in [2.05, 4.69) is 17.6 Å². The van der Waals surface area contributed by atoms with Crippen molar-refractivity contribution in [3.63, 3.8) is 0 Å². The van der Waals surface area contributed by atoms with E-state index in [1.165, 1.54) is 32.1 Å². The van der Waals surface area contributed by atoms with Gasteiger partial charge in [-0.1, -0.05) is 31.4 Å². The van der Waals surface area contributed by atoms with Gasteiger partial charge in [0.1, 0.15) is 0 Å². The summed E-state index contributed by atoms with van der Waals surface area (Å²) in [6.07, 6.45) is 6.97. The molecule has 1 aliphatic rings. The fraction of sp³-hybridized carbons (Fsp3) is 0.636. The summed E-state index contributed by atoms with van der Waals surface area (Å²) in [5, 5.41) is 16.3. The molecule has 1 amide bonds. The van der Waals surface area contributed by atoms with Crippen LogP contribution in [0.15, 0.2) is 29.3 Å². The quantitative estimate of drug-likeness (QED) is 0.281. The average Bonchev–Trinajstić information content (AvgIpc) is 2.71. The summed E-state index contributed by atoms with van der Waals surface area (Å²) >= 11 is 0. The van der Waals surface area contributed by atoms with Crippen molar-refractivity contribution in [1.82, 2.24) is 15.5 Å². The standard InChI is InChI=1S/C22H36N4O2.HI/c1-4-23-21(25-17-22(14-15-27)12-6-5-7-13-22)24-16-18-8-10-19(11-9-18)20(28)26(2)3;/h8-11,27H,4-7,12-17H2,1-3H3,(H2,23,24,25);1H. The van der Waals surface area contributed by atoms with Gasteiger partial charge in [-0.15, -0.1) is 24.0 Å². The molecule has 0 saturated heterocycles. The number of carbonyl (C=O) groups excluding carboxylic acids is 1. The van der Waals surface area contributed by atoms with Gasteiger partial charge in [0.05, 0.1) is 6.54 Å². The molecule has 1 aliphatic carbocycles. The molecule has 1 aromatic rings. The summed E-state index contributed by atoms with van der Waals surface area (Å²) in [5.74, 6) is 0.811. The first kappa shape index (κ1) is 25.7. The molecule has 7 heteroatoms. The number of hydrogen-bond acceptors (Lipinski definition) is 3. The minimum absolute atomic E-state index is 0. The van der Waals surface area contributed by atoms with Crippen molar-refractivity contribution < 1.29 is 9.90 Å². The highest BCUT2D eigenvalue weighted by molar-refractivity contribution is 14.0. The van der Waals surface area contributed by atoms with E-state index >= 15 is 0 Å². The molecule has 0 atom stereocenters. The monoisotopic (exact) mass is 516 g/mol. The topological polar surface area (TPSA) is 77.0 Å². The zero-order chi connectivity index (χ0) is 20.4. The number of aliphatic imine (C=N–C) groups is 1. The van der Waals surface area contributed by atoms with Crippen LogP contribution >= 0.6 is 24.0 Å². The largest absolute Gasteiger partial charge is 0.396 e. The number of amides is 1. The average molecular weight is 516 g/mol. The number of halogens is 1. The predicted octanol–water partition coefficient (Wildman–Crippen LogP) is 3.39. The summed E-state index contributed by atoms with van der Waals surface area (Å²) in [6.45, 7) is 4.50. The summed E-state index contributed by atoms with van der Waals surface area (Å²) in [6, 6.07) is 7.62. The SMILES string of the molecule is CCNC(=NCc1ccc(C(=O)N(C)C)cc1)NCC1(CCO)CCCCC1.I. The third kappa shape index (κ3) is 8.12. The second kappa shape index (κ2) is 13.1. The number of carbonyl (C=O) groups is 1. The molecule has 164 valence electrons. The van der Waals surface area contributed by atoms with Crippen LogP contribution in [0.1, 0.15) is 61.4 Å². The zero-order valence-corrected chi connectivity index (χ0v) is 20.4. The van der Waals surface area contributed by atoms with Gasteiger partial charge in [0.15, 0.2) is 5.96 Å². The van der Waals surface area contributed by atoms with Crippen LogP contribution in [0.5, 0.6) is 0 Å². The highest BCUT2D eigenvalue weighted by atomic mass is 127. The molecular formula is C22H37IN4O2. The van der Waals surface area contributed by atoms with Crippen molar-refractivity contribution in [3.05, 3.63) is 35.4 Å². The van der Waals surface area contributed by atoms with Gasteiger partial charge in [0, 0.05) is 39.4 Å². The Kier molecular flexibility index (Phi) is 11.6. The van der Waals surface area contributed by atoms with Crippen LogP contribution in [0.25, 0.3) is 0 Å². The second-order valence-electron chi connectivity index (χ2n) is 7.98. The summed E-state index contributed by atoms with van der Waals surface area (Å²) in [4.78, 5) is 18.3.